The fourth-order valence-electron chi connectivity index (χ4n) is 4.15. The first kappa shape index (κ1) is 20.1. The van der Waals surface area contributed by atoms with Crippen molar-refractivity contribution < 1.29 is 19.0 Å². The van der Waals surface area contributed by atoms with Gasteiger partial charge in [0.2, 0.25) is 5.75 Å². The number of hydrogen-bond acceptors (Lipinski definition) is 4. The van der Waals surface area contributed by atoms with Crippen molar-refractivity contribution in [2.24, 2.45) is 0 Å². The minimum atomic E-state index is -0.139. The van der Waals surface area contributed by atoms with Crippen LogP contribution in [0, 0.1) is 0 Å². The molecule has 1 amide bonds. The number of nitrogens with one attached hydrogen (secondary N) is 1. The number of amides is 1. The topological polar surface area (TPSA) is 56.8 Å². The summed E-state index contributed by atoms with van der Waals surface area (Å²) >= 11 is 0. The lowest BCUT2D eigenvalue weighted by Crippen LogP contribution is -2.42. The van der Waals surface area contributed by atoms with Crippen molar-refractivity contribution in [1.29, 1.82) is 0 Å². The first-order valence-electron chi connectivity index (χ1n) is 9.77. The monoisotopic (exact) mass is 383 g/mol. The Labute approximate surface area is 167 Å². The van der Waals surface area contributed by atoms with Crippen molar-refractivity contribution in [3.05, 3.63) is 53.6 Å². The van der Waals surface area contributed by atoms with Crippen LogP contribution in [0.5, 0.6) is 17.2 Å². The zero-order valence-corrected chi connectivity index (χ0v) is 16.9. The Morgan fingerprint density at radius 1 is 0.929 bits per heavy atom. The number of benzene rings is 2. The maximum absolute atomic E-state index is 12.9. The van der Waals surface area contributed by atoms with Crippen molar-refractivity contribution in [2.75, 3.05) is 27.9 Å². The second-order valence-corrected chi connectivity index (χ2v) is 7.30. The van der Waals surface area contributed by atoms with Gasteiger partial charge in [0.15, 0.2) is 11.5 Å². The fourth-order valence-corrected chi connectivity index (χ4v) is 4.15. The second-order valence-electron chi connectivity index (χ2n) is 7.30. The highest BCUT2D eigenvalue weighted by atomic mass is 16.5. The van der Waals surface area contributed by atoms with Crippen LogP contribution in [0.1, 0.15) is 48.0 Å². The van der Waals surface area contributed by atoms with E-state index in [1.807, 2.05) is 6.07 Å². The molecule has 0 unspecified atom stereocenters. The van der Waals surface area contributed by atoms with Crippen molar-refractivity contribution in [3.8, 4) is 17.2 Å². The highest BCUT2D eigenvalue weighted by Gasteiger charge is 2.34. The minimum Gasteiger partial charge on any atom is -0.493 e. The van der Waals surface area contributed by atoms with Crippen molar-refractivity contribution in [2.45, 2.75) is 37.5 Å². The average molecular weight is 383 g/mol. The molecule has 1 saturated carbocycles. The van der Waals surface area contributed by atoms with Gasteiger partial charge in [0.1, 0.15) is 0 Å². The van der Waals surface area contributed by atoms with E-state index < -0.39 is 0 Å². The lowest BCUT2D eigenvalue weighted by molar-refractivity contribution is 0.0936. The predicted octanol–water partition coefficient (Wildman–Crippen LogP) is 4.34. The van der Waals surface area contributed by atoms with Crippen molar-refractivity contribution in [3.63, 3.8) is 0 Å². The van der Waals surface area contributed by atoms with Gasteiger partial charge in [-0.05, 0) is 30.5 Å². The van der Waals surface area contributed by atoms with Crippen LogP contribution < -0.4 is 19.5 Å². The Hall–Kier alpha value is -2.69. The van der Waals surface area contributed by atoms with Crippen LogP contribution in [-0.4, -0.2) is 33.8 Å². The molecule has 0 saturated heterocycles. The molecule has 0 spiro atoms. The number of hydrogen-bond donors (Lipinski definition) is 1. The van der Waals surface area contributed by atoms with E-state index in [4.69, 9.17) is 14.2 Å². The van der Waals surface area contributed by atoms with Gasteiger partial charge in [-0.25, -0.2) is 0 Å². The van der Waals surface area contributed by atoms with Gasteiger partial charge in [0.25, 0.3) is 5.91 Å². The van der Waals surface area contributed by atoms with Crippen LogP contribution in [0.25, 0.3) is 0 Å². The molecule has 1 aliphatic carbocycles. The zero-order valence-electron chi connectivity index (χ0n) is 16.9. The minimum absolute atomic E-state index is 0.00415. The summed E-state index contributed by atoms with van der Waals surface area (Å²) in [6, 6.07) is 13.9. The molecule has 1 N–H and O–H groups in total. The summed E-state index contributed by atoms with van der Waals surface area (Å²) in [6.07, 6.45) is 5.82. The van der Waals surface area contributed by atoms with Gasteiger partial charge in [-0.1, -0.05) is 49.6 Å². The third-order valence-electron chi connectivity index (χ3n) is 5.71. The summed E-state index contributed by atoms with van der Waals surface area (Å²) in [5, 5.41) is 3.16. The van der Waals surface area contributed by atoms with E-state index in [1.165, 1.54) is 24.8 Å². The van der Waals surface area contributed by atoms with E-state index in [2.05, 4.69) is 29.6 Å². The highest BCUT2D eigenvalue weighted by molar-refractivity contribution is 5.95. The summed E-state index contributed by atoms with van der Waals surface area (Å²) < 4.78 is 16.1. The maximum atomic E-state index is 12.9. The van der Waals surface area contributed by atoms with Gasteiger partial charge in [-0.3, -0.25) is 4.79 Å². The lowest BCUT2D eigenvalue weighted by atomic mass is 9.69. The molecule has 3 rings (SSSR count). The Morgan fingerprint density at radius 2 is 1.54 bits per heavy atom. The Bertz CT molecular complexity index is 772. The molecule has 5 nitrogen and oxygen atoms in total. The van der Waals surface area contributed by atoms with Crippen molar-refractivity contribution >= 4 is 5.91 Å². The van der Waals surface area contributed by atoms with Gasteiger partial charge in [-0.2, -0.15) is 0 Å². The van der Waals surface area contributed by atoms with E-state index in [0.29, 0.717) is 29.4 Å². The van der Waals surface area contributed by atoms with E-state index in [-0.39, 0.29) is 11.3 Å². The van der Waals surface area contributed by atoms with Gasteiger partial charge in [-0.15, -0.1) is 0 Å². The summed E-state index contributed by atoms with van der Waals surface area (Å²) in [5.74, 6) is 1.29. The van der Waals surface area contributed by atoms with Crippen LogP contribution in [0.2, 0.25) is 0 Å². The smallest absolute Gasteiger partial charge is 0.251 e. The normalized spacial score (nSPS) is 15.5. The summed E-state index contributed by atoms with van der Waals surface area (Å²) in [5.41, 5.74) is 1.80. The maximum Gasteiger partial charge on any atom is 0.251 e. The Balaban J connectivity index is 1.82. The largest absolute Gasteiger partial charge is 0.493 e. The molecule has 2 aromatic carbocycles. The summed E-state index contributed by atoms with van der Waals surface area (Å²) in [7, 11) is 4.64. The van der Waals surface area contributed by atoms with Gasteiger partial charge in [0, 0.05) is 17.5 Å². The van der Waals surface area contributed by atoms with Crippen LogP contribution >= 0.6 is 0 Å². The van der Waals surface area contributed by atoms with Crippen LogP contribution in [0.3, 0.4) is 0 Å². The molecule has 0 heterocycles. The van der Waals surface area contributed by atoms with E-state index in [1.54, 1.807) is 33.5 Å². The molecule has 1 fully saturated rings. The third-order valence-corrected chi connectivity index (χ3v) is 5.71. The number of carbonyl (C=O) groups is 1. The van der Waals surface area contributed by atoms with Crippen molar-refractivity contribution in [1.82, 2.24) is 5.32 Å². The van der Waals surface area contributed by atoms with E-state index in [9.17, 15) is 4.79 Å². The van der Waals surface area contributed by atoms with Crippen LogP contribution in [0.4, 0.5) is 0 Å². The lowest BCUT2D eigenvalue weighted by Gasteiger charge is -2.38. The number of ether oxygens (including phenoxy) is 3. The molecule has 0 aromatic heterocycles. The van der Waals surface area contributed by atoms with E-state index in [0.717, 1.165) is 12.8 Å². The molecule has 1 aliphatic rings. The Kier molecular flexibility index (Phi) is 6.45. The first-order chi connectivity index (χ1) is 13.6. The number of rotatable bonds is 7. The zero-order chi connectivity index (χ0) is 20.0. The highest BCUT2D eigenvalue weighted by Crippen LogP contribution is 2.40. The molecule has 5 heteroatoms. The van der Waals surface area contributed by atoms with E-state index >= 15 is 0 Å². The second kappa shape index (κ2) is 9.00. The molecule has 0 aliphatic heterocycles. The molecule has 150 valence electrons. The van der Waals surface area contributed by atoms with Gasteiger partial charge >= 0.3 is 0 Å². The molecular weight excluding hydrogens is 354 g/mol. The fraction of sp³-hybridized carbons (Fsp3) is 0.435. The molecule has 0 bridgehead atoms. The number of methoxy groups -OCH3 is 3. The Morgan fingerprint density at radius 3 is 2.07 bits per heavy atom. The van der Waals surface area contributed by atoms with Crippen LogP contribution in [0.15, 0.2) is 42.5 Å². The first-order valence-corrected chi connectivity index (χ1v) is 9.77. The molecule has 0 atom stereocenters. The molecule has 28 heavy (non-hydrogen) atoms. The standard InChI is InChI=1S/C23H29NO4/c1-26-19-14-17(15-20(27-2)21(19)28-3)22(25)24-16-23(12-8-5-9-13-23)18-10-6-4-7-11-18/h4,6-7,10-11,14-15H,5,8-9,12-13,16H2,1-3H3,(H,24,25). The SMILES string of the molecule is COc1cc(C(=O)NCC2(c3ccccc3)CCCCC2)cc(OC)c1OC. The van der Waals surface area contributed by atoms with Crippen LogP contribution in [-0.2, 0) is 5.41 Å². The average Bonchev–Trinajstić information content (AvgIpc) is 2.77. The van der Waals surface area contributed by atoms with Gasteiger partial charge < -0.3 is 19.5 Å². The summed E-state index contributed by atoms with van der Waals surface area (Å²) in [4.78, 5) is 12.9. The van der Waals surface area contributed by atoms with Gasteiger partial charge in [0.05, 0.1) is 21.3 Å². The predicted molar refractivity (Wildman–Crippen MR) is 110 cm³/mol. The molecule has 2 aromatic rings. The number of carbonyl (C=O) groups excluding carboxylic acids is 1. The molecule has 0 radical (unpaired) electrons. The third kappa shape index (κ3) is 4.08. The molecular formula is C23H29NO4. The summed E-state index contributed by atoms with van der Waals surface area (Å²) in [6.45, 7) is 0.618. The quantitative estimate of drug-likeness (QED) is 0.773.